The van der Waals surface area contributed by atoms with Gasteiger partial charge in [0.1, 0.15) is 16.8 Å². The highest BCUT2D eigenvalue weighted by molar-refractivity contribution is 9.10. The molecule has 0 fully saturated rings. The molecular weight excluding hydrogens is 338 g/mol. The zero-order chi connectivity index (χ0) is 14.9. The maximum absolute atomic E-state index is 12.3. The Morgan fingerprint density at radius 2 is 2.25 bits per heavy atom. The lowest BCUT2D eigenvalue weighted by Crippen LogP contribution is -2.16. The fourth-order valence-corrected chi connectivity index (χ4v) is 3.41. The molecule has 2 aromatic heterocycles. The van der Waals surface area contributed by atoms with Crippen molar-refractivity contribution in [1.82, 2.24) is 4.57 Å². The summed E-state index contributed by atoms with van der Waals surface area (Å²) in [5.74, 6) is -0.199. The molecule has 0 spiro atoms. The van der Waals surface area contributed by atoms with Crippen LogP contribution in [0, 0.1) is 25.2 Å². The molecule has 0 atom stereocenters. The first-order valence-electron chi connectivity index (χ1n) is 6.15. The van der Waals surface area contributed by atoms with Gasteiger partial charge in [0.05, 0.1) is 5.56 Å². The Morgan fingerprint density at radius 3 is 2.85 bits per heavy atom. The van der Waals surface area contributed by atoms with Crippen molar-refractivity contribution in [3.8, 4) is 6.07 Å². The lowest BCUT2D eigenvalue weighted by atomic mass is 10.2. The summed E-state index contributed by atoms with van der Waals surface area (Å²) in [6, 6.07) is 3.93. The Kier molecular flexibility index (Phi) is 4.31. The third kappa shape index (κ3) is 2.65. The second-order valence-electron chi connectivity index (χ2n) is 4.38. The molecule has 0 aliphatic heterocycles. The highest BCUT2D eigenvalue weighted by Gasteiger charge is 2.17. The number of carbonyl (C=O) groups is 1. The van der Waals surface area contributed by atoms with Crippen LogP contribution < -0.4 is 5.32 Å². The van der Waals surface area contributed by atoms with Crippen LogP contribution in [0.15, 0.2) is 16.7 Å². The van der Waals surface area contributed by atoms with Crippen LogP contribution in [-0.4, -0.2) is 10.5 Å². The van der Waals surface area contributed by atoms with E-state index >= 15 is 0 Å². The van der Waals surface area contributed by atoms with Crippen LogP contribution in [0.4, 0.5) is 5.00 Å². The third-order valence-electron chi connectivity index (χ3n) is 3.16. The summed E-state index contributed by atoms with van der Waals surface area (Å²) in [7, 11) is 0. The molecular formula is C14H14BrN3OS. The number of nitriles is 1. The molecule has 1 N–H and O–H groups in total. The summed E-state index contributed by atoms with van der Waals surface area (Å²) in [5, 5.41) is 12.7. The minimum Gasteiger partial charge on any atom is -0.343 e. The van der Waals surface area contributed by atoms with Crippen LogP contribution in [-0.2, 0) is 6.54 Å². The zero-order valence-corrected chi connectivity index (χ0v) is 13.9. The molecule has 2 heterocycles. The Labute approximate surface area is 130 Å². The number of nitrogens with zero attached hydrogens (tertiary/aromatic N) is 2. The maximum atomic E-state index is 12.3. The molecule has 0 aliphatic rings. The van der Waals surface area contributed by atoms with Crippen LogP contribution in [0.2, 0.25) is 0 Å². The van der Waals surface area contributed by atoms with Crippen molar-refractivity contribution in [3.05, 3.63) is 38.4 Å². The molecule has 6 heteroatoms. The lowest BCUT2D eigenvalue weighted by molar-refractivity contribution is 0.101. The number of nitrogens with one attached hydrogen (secondary N) is 1. The third-order valence-corrected chi connectivity index (χ3v) is 4.72. The minimum absolute atomic E-state index is 0.199. The molecule has 0 saturated carbocycles. The number of halogens is 1. The molecule has 0 bridgehead atoms. The molecule has 2 rings (SSSR count). The largest absolute Gasteiger partial charge is 0.343 e. The lowest BCUT2D eigenvalue weighted by Gasteiger charge is -2.06. The Bertz CT molecular complexity index is 709. The van der Waals surface area contributed by atoms with Crippen LogP contribution in [0.1, 0.15) is 33.4 Å². The number of carbonyl (C=O) groups excluding carboxylic acids is 1. The molecule has 0 aliphatic carbocycles. The molecule has 0 unspecified atom stereocenters. The second-order valence-corrected chi connectivity index (χ2v) is 6.52. The van der Waals surface area contributed by atoms with E-state index in [1.807, 2.05) is 31.5 Å². The van der Waals surface area contributed by atoms with Crippen molar-refractivity contribution in [1.29, 1.82) is 5.26 Å². The number of amides is 1. The summed E-state index contributed by atoms with van der Waals surface area (Å²) < 4.78 is 2.72. The van der Waals surface area contributed by atoms with Crippen LogP contribution in [0.3, 0.4) is 0 Å². The van der Waals surface area contributed by atoms with Gasteiger partial charge in [-0.3, -0.25) is 4.79 Å². The van der Waals surface area contributed by atoms with Crippen molar-refractivity contribution in [3.63, 3.8) is 0 Å². The Balaban J connectivity index is 2.33. The summed E-state index contributed by atoms with van der Waals surface area (Å²) in [6.07, 6.45) is 1.87. The SMILES string of the molecule is CCn1cc(Br)cc1C(=O)Nc1sc(C)c(C)c1C#N. The number of aromatic nitrogens is 1. The van der Waals surface area contributed by atoms with Gasteiger partial charge >= 0.3 is 0 Å². The topological polar surface area (TPSA) is 57.8 Å². The predicted molar refractivity (Wildman–Crippen MR) is 84.3 cm³/mol. The van der Waals surface area contributed by atoms with E-state index in [0.717, 1.165) is 14.9 Å². The molecule has 104 valence electrons. The molecule has 1 amide bonds. The molecule has 0 aromatic carbocycles. The van der Waals surface area contributed by atoms with Gasteiger partial charge in [-0.25, -0.2) is 0 Å². The first-order chi connectivity index (χ1) is 9.47. The van der Waals surface area contributed by atoms with E-state index in [9.17, 15) is 10.1 Å². The summed E-state index contributed by atoms with van der Waals surface area (Å²) in [5.41, 5.74) is 2.06. The Morgan fingerprint density at radius 1 is 1.55 bits per heavy atom. The molecule has 20 heavy (non-hydrogen) atoms. The summed E-state index contributed by atoms with van der Waals surface area (Å²) in [4.78, 5) is 13.4. The smallest absolute Gasteiger partial charge is 0.272 e. The number of hydrogen-bond acceptors (Lipinski definition) is 3. The average molecular weight is 352 g/mol. The van der Waals surface area contributed by atoms with E-state index in [1.54, 1.807) is 6.07 Å². The van der Waals surface area contributed by atoms with Gasteiger partial charge in [-0.05, 0) is 48.3 Å². The molecule has 0 radical (unpaired) electrons. The van der Waals surface area contributed by atoms with E-state index < -0.39 is 0 Å². The first-order valence-corrected chi connectivity index (χ1v) is 7.76. The minimum atomic E-state index is -0.199. The number of aryl methyl sites for hydroxylation is 2. The quantitative estimate of drug-likeness (QED) is 0.905. The maximum Gasteiger partial charge on any atom is 0.272 e. The van der Waals surface area contributed by atoms with E-state index in [4.69, 9.17) is 0 Å². The van der Waals surface area contributed by atoms with Crippen molar-refractivity contribution in [2.24, 2.45) is 0 Å². The van der Waals surface area contributed by atoms with Crippen molar-refractivity contribution in [2.45, 2.75) is 27.3 Å². The van der Waals surface area contributed by atoms with Gasteiger partial charge in [0.15, 0.2) is 0 Å². The molecule has 4 nitrogen and oxygen atoms in total. The highest BCUT2D eigenvalue weighted by atomic mass is 79.9. The number of thiophene rings is 1. The monoisotopic (exact) mass is 351 g/mol. The van der Waals surface area contributed by atoms with Crippen LogP contribution >= 0.6 is 27.3 Å². The van der Waals surface area contributed by atoms with Crippen LogP contribution in [0.5, 0.6) is 0 Å². The highest BCUT2D eigenvalue weighted by Crippen LogP contribution is 2.32. The van der Waals surface area contributed by atoms with Gasteiger partial charge in [-0.2, -0.15) is 5.26 Å². The zero-order valence-electron chi connectivity index (χ0n) is 11.5. The normalized spacial score (nSPS) is 10.3. The average Bonchev–Trinajstić information content (AvgIpc) is 2.91. The molecule has 0 saturated heterocycles. The van der Waals surface area contributed by atoms with Gasteiger partial charge in [0.2, 0.25) is 0 Å². The van der Waals surface area contributed by atoms with E-state index in [0.29, 0.717) is 22.8 Å². The number of anilines is 1. The Hall–Kier alpha value is -1.58. The van der Waals surface area contributed by atoms with Crippen molar-refractivity contribution < 1.29 is 4.79 Å². The van der Waals surface area contributed by atoms with Gasteiger partial charge in [-0.1, -0.05) is 0 Å². The van der Waals surface area contributed by atoms with E-state index in [2.05, 4.69) is 27.3 Å². The summed E-state index contributed by atoms with van der Waals surface area (Å²) in [6.45, 7) is 6.53. The van der Waals surface area contributed by atoms with Crippen molar-refractivity contribution >= 4 is 38.2 Å². The molecule has 2 aromatic rings. The van der Waals surface area contributed by atoms with Crippen molar-refractivity contribution in [2.75, 3.05) is 5.32 Å². The van der Waals surface area contributed by atoms with Gasteiger partial charge in [-0.15, -0.1) is 11.3 Å². The second kappa shape index (κ2) is 5.81. The van der Waals surface area contributed by atoms with Crippen LogP contribution in [0.25, 0.3) is 0 Å². The van der Waals surface area contributed by atoms with Gasteiger partial charge < -0.3 is 9.88 Å². The fraction of sp³-hybridized carbons (Fsp3) is 0.286. The van der Waals surface area contributed by atoms with Gasteiger partial charge in [0, 0.05) is 22.1 Å². The van der Waals surface area contributed by atoms with E-state index in [1.165, 1.54) is 11.3 Å². The predicted octanol–water partition coefficient (Wildman–Crippen LogP) is 4.07. The van der Waals surface area contributed by atoms with E-state index in [-0.39, 0.29) is 5.91 Å². The number of rotatable bonds is 3. The fourth-order valence-electron chi connectivity index (χ4n) is 1.94. The first kappa shape index (κ1) is 14.8. The van der Waals surface area contributed by atoms with Gasteiger partial charge in [0.25, 0.3) is 5.91 Å². The standard InChI is InChI=1S/C14H14BrN3OS/c1-4-18-7-10(15)5-12(18)13(19)17-14-11(6-16)8(2)9(3)20-14/h5,7H,4H2,1-3H3,(H,17,19). The summed E-state index contributed by atoms with van der Waals surface area (Å²) >= 11 is 4.80. The number of hydrogen-bond donors (Lipinski definition) is 1.